The molecule has 1 atom stereocenters. The molecule has 0 saturated heterocycles. The minimum Gasteiger partial charge on any atom is -0.381 e. The summed E-state index contributed by atoms with van der Waals surface area (Å²) in [6, 6.07) is 7.85. The van der Waals surface area contributed by atoms with Gasteiger partial charge in [0.2, 0.25) is 0 Å². The van der Waals surface area contributed by atoms with Gasteiger partial charge in [-0.1, -0.05) is 12.1 Å². The van der Waals surface area contributed by atoms with Crippen molar-refractivity contribution in [1.82, 2.24) is 9.78 Å². The summed E-state index contributed by atoms with van der Waals surface area (Å²) in [5.74, 6) is 0. The zero-order valence-corrected chi connectivity index (χ0v) is 11.3. The fraction of sp³-hybridized carbons (Fsp3) is 0.250. The van der Waals surface area contributed by atoms with E-state index in [0.29, 0.717) is 0 Å². The first-order valence-electron chi connectivity index (χ1n) is 4.97. The highest BCUT2D eigenvalue weighted by Gasteiger charge is 2.26. The minimum atomic E-state index is -0.988. The highest BCUT2D eigenvalue weighted by atomic mass is 127. The van der Waals surface area contributed by atoms with Crippen molar-refractivity contribution in [3.63, 3.8) is 0 Å². The van der Waals surface area contributed by atoms with E-state index in [-0.39, 0.29) is 0 Å². The van der Waals surface area contributed by atoms with Gasteiger partial charge in [0.15, 0.2) is 0 Å². The fourth-order valence-corrected chi connectivity index (χ4v) is 1.97. The molecule has 1 unspecified atom stereocenters. The maximum absolute atomic E-state index is 10.5. The molecule has 0 radical (unpaired) electrons. The largest absolute Gasteiger partial charge is 0.381 e. The lowest BCUT2D eigenvalue weighted by Crippen LogP contribution is -2.22. The third-order valence-electron chi connectivity index (χ3n) is 2.67. The predicted octanol–water partition coefficient (Wildman–Crippen LogP) is 2.28. The molecule has 0 spiro atoms. The number of benzene rings is 1. The molecule has 16 heavy (non-hydrogen) atoms. The summed E-state index contributed by atoms with van der Waals surface area (Å²) >= 11 is 2.25. The molecule has 3 nitrogen and oxygen atoms in total. The standard InChI is InChI=1S/C12H13IN2O/c1-12(16,10-7-14-15(2)8-10)9-3-5-11(13)6-4-9/h3-8,16H,1-2H3. The molecule has 1 heterocycles. The molecule has 84 valence electrons. The van der Waals surface area contributed by atoms with E-state index in [0.717, 1.165) is 14.7 Å². The van der Waals surface area contributed by atoms with E-state index in [4.69, 9.17) is 0 Å². The lowest BCUT2D eigenvalue weighted by atomic mass is 9.91. The number of aromatic nitrogens is 2. The first-order chi connectivity index (χ1) is 7.50. The summed E-state index contributed by atoms with van der Waals surface area (Å²) < 4.78 is 2.85. The Kier molecular flexibility index (Phi) is 3.03. The van der Waals surface area contributed by atoms with Gasteiger partial charge in [-0.05, 0) is 47.2 Å². The number of hydrogen-bond donors (Lipinski definition) is 1. The van der Waals surface area contributed by atoms with Gasteiger partial charge in [0.05, 0.1) is 6.20 Å². The zero-order chi connectivity index (χ0) is 11.8. The molecule has 4 heteroatoms. The molecule has 0 aliphatic heterocycles. The Morgan fingerprint density at radius 3 is 2.38 bits per heavy atom. The first kappa shape index (κ1) is 11.6. The van der Waals surface area contributed by atoms with Gasteiger partial charge in [-0.25, -0.2) is 0 Å². The van der Waals surface area contributed by atoms with Crippen molar-refractivity contribution in [2.75, 3.05) is 0 Å². The van der Waals surface area contributed by atoms with Crippen molar-refractivity contribution in [3.8, 4) is 0 Å². The van der Waals surface area contributed by atoms with Crippen LogP contribution in [-0.2, 0) is 12.6 Å². The summed E-state index contributed by atoms with van der Waals surface area (Å²) in [6.45, 7) is 1.78. The van der Waals surface area contributed by atoms with Crippen molar-refractivity contribution < 1.29 is 5.11 Å². The molecule has 1 N–H and O–H groups in total. The van der Waals surface area contributed by atoms with E-state index in [2.05, 4.69) is 27.7 Å². The number of aliphatic hydroxyl groups is 1. The van der Waals surface area contributed by atoms with Crippen LogP contribution in [0.1, 0.15) is 18.1 Å². The van der Waals surface area contributed by atoms with E-state index in [1.54, 1.807) is 17.8 Å². The quantitative estimate of drug-likeness (QED) is 0.859. The van der Waals surface area contributed by atoms with Gasteiger partial charge in [-0.15, -0.1) is 0 Å². The van der Waals surface area contributed by atoms with Gasteiger partial charge in [-0.2, -0.15) is 5.10 Å². The number of hydrogen-bond acceptors (Lipinski definition) is 2. The minimum absolute atomic E-state index is 0.802. The molecule has 0 saturated carbocycles. The molecule has 1 aromatic carbocycles. The fourth-order valence-electron chi connectivity index (χ4n) is 1.61. The van der Waals surface area contributed by atoms with Gasteiger partial charge >= 0.3 is 0 Å². The van der Waals surface area contributed by atoms with Crippen LogP contribution in [0.2, 0.25) is 0 Å². The Hall–Kier alpha value is -0.880. The summed E-state index contributed by atoms with van der Waals surface area (Å²) in [5, 5.41) is 14.6. The summed E-state index contributed by atoms with van der Waals surface area (Å²) in [5.41, 5.74) is 0.690. The number of rotatable bonds is 2. The van der Waals surface area contributed by atoms with Crippen molar-refractivity contribution in [1.29, 1.82) is 0 Å². The van der Waals surface area contributed by atoms with E-state index < -0.39 is 5.60 Å². The van der Waals surface area contributed by atoms with E-state index in [1.807, 2.05) is 37.5 Å². The van der Waals surface area contributed by atoms with Crippen LogP contribution in [0, 0.1) is 3.57 Å². The summed E-state index contributed by atoms with van der Waals surface area (Å²) in [4.78, 5) is 0. The monoisotopic (exact) mass is 328 g/mol. The maximum atomic E-state index is 10.5. The third kappa shape index (κ3) is 2.12. The van der Waals surface area contributed by atoms with Crippen LogP contribution in [0.3, 0.4) is 0 Å². The van der Waals surface area contributed by atoms with Gasteiger partial charge in [-0.3, -0.25) is 4.68 Å². The highest BCUT2D eigenvalue weighted by Crippen LogP contribution is 2.28. The van der Waals surface area contributed by atoms with Crippen LogP contribution in [0.5, 0.6) is 0 Å². The van der Waals surface area contributed by atoms with E-state index in [9.17, 15) is 5.11 Å². The smallest absolute Gasteiger partial charge is 0.115 e. The maximum Gasteiger partial charge on any atom is 0.115 e. The average Bonchev–Trinajstić information content (AvgIpc) is 2.66. The van der Waals surface area contributed by atoms with Crippen LogP contribution in [-0.4, -0.2) is 14.9 Å². The van der Waals surface area contributed by atoms with Gasteiger partial charge in [0, 0.05) is 22.4 Å². The Balaban J connectivity index is 2.42. The van der Waals surface area contributed by atoms with Crippen LogP contribution < -0.4 is 0 Å². The highest BCUT2D eigenvalue weighted by molar-refractivity contribution is 14.1. The van der Waals surface area contributed by atoms with Gasteiger partial charge < -0.3 is 5.11 Å². The number of nitrogens with zero attached hydrogens (tertiary/aromatic N) is 2. The Bertz CT molecular complexity index is 488. The lowest BCUT2D eigenvalue weighted by molar-refractivity contribution is 0.102. The van der Waals surface area contributed by atoms with E-state index in [1.165, 1.54) is 0 Å². The predicted molar refractivity (Wildman–Crippen MR) is 71.0 cm³/mol. The van der Waals surface area contributed by atoms with Crippen molar-refractivity contribution >= 4 is 22.6 Å². The molecule has 1 aromatic heterocycles. The van der Waals surface area contributed by atoms with Crippen molar-refractivity contribution in [3.05, 3.63) is 51.4 Å². The van der Waals surface area contributed by atoms with E-state index >= 15 is 0 Å². The van der Waals surface area contributed by atoms with Crippen LogP contribution in [0.15, 0.2) is 36.7 Å². The second-order valence-electron chi connectivity index (χ2n) is 3.98. The summed E-state index contributed by atoms with van der Waals surface area (Å²) in [6.07, 6.45) is 3.52. The van der Waals surface area contributed by atoms with Crippen molar-refractivity contribution in [2.45, 2.75) is 12.5 Å². The molecule has 0 aliphatic carbocycles. The number of aryl methyl sites for hydroxylation is 1. The lowest BCUT2D eigenvalue weighted by Gasteiger charge is -2.22. The second kappa shape index (κ2) is 4.18. The Morgan fingerprint density at radius 1 is 1.25 bits per heavy atom. The topological polar surface area (TPSA) is 38.0 Å². The van der Waals surface area contributed by atoms with Gasteiger partial charge in [0.25, 0.3) is 0 Å². The molecule has 0 bridgehead atoms. The average molecular weight is 328 g/mol. The molecular weight excluding hydrogens is 315 g/mol. The second-order valence-corrected chi connectivity index (χ2v) is 5.23. The SMILES string of the molecule is Cn1cc(C(C)(O)c2ccc(I)cc2)cn1. The Morgan fingerprint density at radius 2 is 1.88 bits per heavy atom. The van der Waals surface area contributed by atoms with Gasteiger partial charge in [0.1, 0.15) is 5.60 Å². The summed E-state index contributed by atoms with van der Waals surface area (Å²) in [7, 11) is 1.84. The zero-order valence-electron chi connectivity index (χ0n) is 9.18. The molecule has 0 fully saturated rings. The molecule has 2 rings (SSSR count). The first-order valence-corrected chi connectivity index (χ1v) is 6.05. The third-order valence-corrected chi connectivity index (χ3v) is 3.39. The normalized spacial score (nSPS) is 14.8. The van der Waals surface area contributed by atoms with Crippen molar-refractivity contribution in [2.24, 2.45) is 7.05 Å². The van der Waals surface area contributed by atoms with Crippen LogP contribution >= 0.6 is 22.6 Å². The molecular formula is C12H13IN2O. The Labute approximate surface area is 108 Å². The molecule has 0 aliphatic rings. The molecule has 0 amide bonds. The van der Waals surface area contributed by atoms with Crippen LogP contribution in [0.25, 0.3) is 0 Å². The van der Waals surface area contributed by atoms with Crippen LogP contribution in [0.4, 0.5) is 0 Å². The number of halogens is 1. The molecule has 2 aromatic rings.